The average molecular weight is 461 g/mol. The smallest absolute Gasteiger partial charge is 0.236 e. The number of anilines is 1. The highest BCUT2D eigenvalue weighted by molar-refractivity contribution is 8.00. The Morgan fingerprint density at radius 2 is 2.03 bits per heavy atom. The molecule has 0 aliphatic heterocycles. The van der Waals surface area contributed by atoms with Crippen LogP contribution in [0.3, 0.4) is 0 Å². The molecule has 30 heavy (non-hydrogen) atoms. The SMILES string of the molecule is COc1ccc(CCNc2nnc(SCc3coc(-c4cccs4)n3)s2)cc1OC. The Morgan fingerprint density at radius 1 is 1.13 bits per heavy atom. The van der Waals surface area contributed by atoms with Gasteiger partial charge in [0.1, 0.15) is 6.26 Å². The summed E-state index contributed by atoms with van der Waals surface area (Å²) in [6, 6.07) is 9.93. The number of benzene rings is 1. The summed E-state index contributed by atoms with van der Waals surface area (Å²) in [4.78, 5) is 5.56. The van der Waals surface area contributed by atoms with Crippen LogP contribution in [0, 0.1) is 0 Å². The molecule has 1 aromatic carbocycles. The molecule has 0 saturated carbocycles. The second kappa shape index (κ2) is 9.96. The summed E-state index contributed by atoms with van der Waals surface area (Å²) in [6.07, 6.45) is 2.54. The van der Waals surface area contributed by atoms with Crippen molar-refractivity contribution in [1.29, 1.82) is 0 Å². The monoisotopic (exact) mass is 460 g/mol. The molecule has 0 fully saturated rings. The van der Waals surface area contributed by atoms with E-state index in [0.717, 1.165) is 50.1 Å². The molecule has 0 saturated heterocycles. The Bertz CT molecular complexity index is 1080. The molecule has 0 atom stereocenters. The second-order valence-corrected chi connectivity index (χ2v) is 9.30. The first-order chi connectivity index (χ1) is 14.7. The van der Waals surface area contributed by atoms with E-state index in [2.05, 4.69) is 20.5 Å². The van der Waals surface area contributed by atoms with Crippen LogP contribution in [0.5, 0.6) is 11.5 Å². The molecule has 0 radical (unpaired) electrons. The van der Waals surface area contributed by atoms with Gasteiger partial charge in [-0.25, -0.2) is 4.98 Å². The minimum Gasteiger partial charge on any atom is -0.493 e. The summed E-state index contributed by atoms with van der Waals surface area (Å²) >= 11 is 4.75. The third kappa shape index (κ3) is 5.13. The number of nitrogens with zero attached hydrogens (tertiary/aromatic N) is 3. The summed E-state index contributed by atoms with van der Waals surface area (Å²) in [6.45, 7) is 0.752. The number of aromatic nitrogens is 3. The fourth-order valence-corrected chi connectivity index (χ4v) is 5.02. The van der Waals surface area contributed by atoms with Crippen LogP contribution in [0.1, 0.15) is 11.3 Å². The van der Waals surface area contributed by atoms with Crippen LogP contribution >= 0.6 is 34.4 Å². The lowest BCUT2D eigenvalue weighted by Crippen LogP contribution is -2.04. The maximum atomic E-state index is 5.55. The van der Waals surface area contributed by atoms with Crippen molar-refractivity contribution in [3.8, 4) is 22.3 Å². The highest BCUT2D eigenvalue weighted by Gasteiger charge is 2.10. The third-order valence-corrected chi connectivity index (χ3v) is 7.08. The van der Waals surface area contributed by atoms with E-state index in [1.54, 1.807) is 43.6 Å². The predicted molar refractivity (Wildman–Crippen MR) is 121 cm³/mol. The van der Waals surface area contributed by atoms with Crippen molar-refractivity contribution in [3.05, 3.63) is 53.2 Å². The van der Waals surface area contributed by atoms with Crippen LogP contribution in [0.2, 0.25) is 0 Å². The molecule has 1 N–H and O–H groups in total. The molecule has 156 valence electrons. The number of thiophene rings is 1. The lowest BCUT2D eigenvalue weighted by atomic mass is 10.1. The summed E-state index contributed by atoms with van der Waals surface area (Å²) in [5, 5.41) is 14.6. The Morgan fingerprint density at radius 3 is 2.83 bits per heavy atom. The van der Waals surface area contributed by atoms with Crippen molar-refractivity contribution in [3.63, 3.8) is 0 Å². The standard InChI is InChI=1S/C20H20N4O3S3/c1-25-15-6-5-13(10-16(15)26-2)7-8-21-19-23-24-20(30-19)29-12-14-11-27-18(22-14)17-4-3-9-28-17/h3-6,9-11H,7-8,12H2,1-2H3,(H,21,23). The zero-order chi connectivity index (χ0) is 20.8. The van der Waals surface area contributed by atoms with Crippen LogP contribution in [-0.2, 0) is 12.2 Å². The largest absolute Gasteiger partial charge is 0.493 e. The first kappa shape index (κ1) is 20.7. The molecule has 10 heteroatoms. The Kier molecular flexibility index (Phi) is 6.88. The van der Waals surface area contributed by atoms with Crippen LogP contribution in [0.25, 0.3) is 10.8 Å². The fraction of sp³-hybridized carbons (Fsp3) is 0.250. The van der Waals surface area contributed by atoms with Gasteiger partial charge in [-0.05, 0) is 35.6 Å². The topological polar surface area (TPSA) is 82.3 Å². The molecule has 0 spiro atoms. The number of oxazole rings is 1. The first-order valence-electron chi connectivity index (χ1n) is 9.14. The molecule has 0 amide bonds. The zero-order valence-electron chi connectivity index (χ0n) is 16.5. The van der Waals surface area contributed by atoms with Crippen LogP contribution in [0.15, 0.2) is 50.7 Å². The molecule has 4 rings (SSSR count). The number of hydrogen-bond donors (Lipinski definition) is 1. The number of rotatable bonds is 10. The van der Waals surface area contributed by atoms with E-state index in [1.165, 1.54) is 11.3 Å². The summed E-state index contributed by atoms with van der Waals surface area (Å²) in [5.41, 5.74) is 2.05. The summed E-state index contributed by atoms with van der Waals surface area (Å²) in [5.74, 6) is 2.82. The maximum absolute atomic E-state index is 5.55. The average Bonchev–Trinajstić information content (AvgIpc) is 3.53. The lowest BCUT2D eigenvalue weighted by Gasteiger charge is -2.09. The van der Waals surface area contributed by atoms with Gasteiger partial charge in [0.25, 0.3) is 0 Å². The van der Waals surface area contributed by atoms with E-state index < -0.39 is 0 Å². The number of thioether (sulfide) groups is 1. The molecular weight excluding hydrogens is 440 g/mol. The van der Waals surface area contributed by atoms with Crippen molar-refractivity contribution >= 4 is 39.6 Å². The number of ether oxygens (including phenoxy) is 2. The van der Waals surface area contributed by atoms with Gasteiger partial charge in [0.15, 0.2) is 15.8 Å². The Hall–Kier alpha value is -2.56. The predicted octanol–water partition coefficient (Wildman–Crippen LogP) is 5.22. The van der Waals surface area contributed by atoms with Crippen molar-refractivity contribution in [2.75, 3.05) is 26.1 Å². The molecule has 0 aliphatic rings. The molecule has 0 unspecified atom stereocenters. The van der Waals surface area contributed by atoms with Crippen molar-refractivity contribution in [2.45, 2.75) is 16.5 Å². The van der Waals surface area contributed by atoms with E-state index >= 15 is 0 Å². The van der Waals surface area contributed by atoms with Gasteiger partial charge in [-0.15, -0.1) is 21.5 Å². The van der Waals surface area contributed by atoms with E-state index in [-0.39, 0.29) is 0 Å². The van der Waals surface area contributed by atoms with Crippen molar-refractivity contribution in [1.82, 2.24) is 15.2 Å². The molecule has 0 aliphatic carbocycles. The van der Waals surface area contributed by atoms with Crippen LogP contribution < -0.4 is 14.8 Å². The number of nitrogens with one attached hydrogen (secondary N) is 1. The van der Waals surface area contributed by atoms with Gasteiger partial charge < -0.3 is 19.2 Å². The molecular formula is C20H20N4O3S3. The minimum absolute atomic E-state index is 0.662. The maximum Gasteiger partial charge on any atom is 0.236 e. The van der Waals surface area contributed by atoms with Crippen molar-refractivity contribution < 1.29 is 13.9 Å². The number of hydrogen-bond acceptors (Lipinski definition) is 10. The highest BCUT2D eigenvalue weighted by Crippen LogP contribution is 2.30. The van der Waals surface area contributed by atoms with Crippen molar-refractivity contribution in [2.24, 2.45) is 0 Å². The zero-order valence-corrected chi connectivity index (χ0v) is 18.9. The summed E-state index contributed by atoms with van der Waals surface area (Å²) < 4.78 is 17.1. The Labute approximate surface area is 186 Å². The van der Waals surface area contributed by atoms with Gasteiger partial charge in [-0.1, -0.05) is 35.2 Å². The second-order valence-electron chi connectivity index (χ2n) is 6.15. The van der Waals surface area contributed by atoms with Gasteiger partial charge in [0.2, 0.25) is 11.0 Å². The molecule has 0 bridgehead atoms. The quantitative estimate of drug-likeness (QED) is 0.323. The molecule has 3 aromatic heterocycles. The molecule has 4 aromatic rings. The third-order valence-electron chi connectivity index (χ3n) is 4.17. The first-order valence-corrected chi connectivity index (χ1v) is 11.8. The van der Waals surface area contributed by atoms with E-state index in [9.17, 15) is 0 Å². The normalized spacial score (nSPS) is 10.9. The van der Waals surface area contributed by atoms with E-state index in [1.807, 2.05) is 35.7 Å². The molecule has 3 heterocycles. The fourth-order valence-electron chi connectivity index (χ4n) is 2.71. The van der Waals surface area contributed by atoms with Gasteiger partial charge in [0.05, 0.1) is 24.8 Å². The van der Waals surface area contributed by atoms with Crippen LogP contribution in [0.4, 0.5) is 5.13 Å². The minimum atomic E-state index is 0.662. The Balaban J connectivity index is 1.25. The van der Waals surface area contributed by atoms with Crippen LogP contribution in [-0.4, -0.2) is 35.9 Å². The van der Waals surface area contributed by atoms with E-state index in [4.69, 9.17) is 13.9 Å². The lowest BCUT2D eigenvalue weighted by molar-refractivity contribution is 0.354. The highest BCUT2D eigenvalue weighted by atomic mass is 32.2. The number of methoxy groups -OCH3 is 2. The van der Waals surface area contributed by atoms with Gasteiger partial charge in [0, 0.05) is 12.3 Å². The summed E-state index contributed by atoms with van der Waals surface area (Å²) in [7, 11) is 3.28. The van der Waals surface area contributed by atoms with Gasteiger partial charge >= 0.3 is 0 Å². The molecule has 7 nitrogen and oxygen atoms in total. The van der Waals surface area contributed by atoms with E-state index in [0.29, 0.717) is 11.6 Å². The van der Waals surface area contributed by atoms with Gasteiger partial charge in [-0.3, -0.25) is 0 Å². The van der Waals surface area contributed by atoms with Gasteiger partial charge in [-0.2, -0.15) is 0 Å².